The van der Waals surface area contributed by atoms with Gasteiger partial charge in [-0.3, -0.25) is 0 Å². The molecule has 3 aromatic rings. The van der Waals surface area contributed by atoms with Crippen LogP contribution < -0.4 is 5.32 Å². The molecule has 0 unspecified atom stereocenters. The first-order valence-corrected chi connectivity index (χ1v) is 7.58. The number of nitrogens with one attached hydrogen (secondary N) is 1. The minimum Gasteiger partial charge on any atom is -0.347 e. The Hall–Kier alpha value is -1.58. The molecule has 0 aliphatic carbocycles. The lowest BCUT2D eigenvalue weighted by molar-refractivity contribution is 0.593. The van der Waals surface area contributed by atoms with Gasteiger partial charge in [0.2, 0.25) is 0 Å². The second-order valence-corrected chi connectivity index (χ2v) is 5.71. The normalized spacial score (nSPS) is 11.2. The van der Waals surface area contributed by atoms with E-state index in [0.29, 0.717) is 0 Å². The van der Waals surface area contributed by atoms with Gasteiger partial charge in [0.15, 0.2) is 0 Å². The van der Waals surface area contributed by atoms with Crippen molar-refractivity contribution in [3.8, 4) is 0 Å². The van der Waals surface area contributed by atoms with Gasteiger partial charge < -0.3 is 9.88 Å². The number of nitrogens with zero attached hydrogens (tertiary/aromatic N) is 1. The fraction of sp³-hybridized carbons (Fsp3) is 0.250. The molecule has 0 aliphatic rings. The number of aryl methyl sites for hydroxylation is 1. The average Bonchev–Trinajstić information content (AvgIpc) is 3.08. The zero-order chi connectivity index (χ0) is 12.9. The van der Waals surface area contributed by atoms with E-state index in [0.717, 1.165) is 26.1 Å². The van der Waals surface area contributed by atoms with Gasteiger partial charge in [-0.05, 0) is 41.9 Å². The molecule has 1 N–H and O–H groups in total. The Morgan fingerprint density at radius 1 is 1.05 bits per heavy atom. The predicted octanol–water partition coefficient (Wildman–Crippen LogP) is 3.88. The van der Waals surface area contributed by atoms with Crippen molar-refractivity contribution in [1.29, 1.82) is 0 Å². The molecule has 2 nitrogen and oxygen atoms in total. The van der Waals surface area contributed by atoms with E-state index in [-0.39, 0.29) is 0 Å². The minimum absolute atomic E-state index is 0.990. The summed E-state index contributed by atoms with van der Waals surface area (Å²) in [6.07, 6.45) is 3.34. The van der Waals surface area contributed by atoms with Crippen LogP contribution in [-0.2, 0) is 13.1 Å². The highest BCUT2D eigenvalue weighted by Crippen LogP contribution is 2.15. The maximum absolute atomic E-state index is 3.50. The zero-order valence-corrected chi connectivity index (χ0v) is 11.7. The van der Waals surface area contributed by atoms with Crippen LogP contribution in [0.15, 0.2) is 54.0 Å². The number of benzene rings is 1. The number of thiophene rings is 1. The minimum atomic E-state index is 0.990. The fourth-order valence-corrected chi connectivity index (χ4v) is 3.01. The van der Waals surface area contributed by atoms with Gasteiger partial charge >= 0.3 is 0 Å². The third-order valence-electron chi connectivity index (χ3n) is 3.31. The number of hydrogen-bond acceptors (Lipinski definition) is 2. The lowest BCUT2D eigenvalue weighted by atomic mass is 10.2. The van der Waals surface area contributed by atoms with Gasteiger partial charge in [-0.1, -0.05) is 24.3 Å². The number of fused-ring (bicyclic) bond motifs is 1. The molecule has 0 bridgehead atoms. The highest BCUT2D eigenvalue weighted by Gasteiger charge is 1.99. The molecular weight excluding hydrogens is 252 g/mol. The number of rotatable bonds is 6. The third kappa shape index (κ3) is 3.06. The van der Waals surface area contributed by atoms with Crippen LogP contribution in [0.4, 0.5) is 0 Å². The monoisotopic (exact) mass is 270 g/mol. The van der Waals surface area contributed by atoms with Crippen molar-refractivity contribution in [2.24, 2.45) is 0 Å². The van der Waals surface area contributed by atoms with E-state index in [2.05, 4.69) is 63.9 Å². The van der Waals surface area contributed by atoms with Crippen molar-refractivity contribution >= 4 is 22.2 Å². The van der Waals surface area contributed by atoms with Crippen LogP contribution in [0.5, 0.6) is 0 Å². The first-order chi connectivity index (χ1) is 9.43. The summed E-state index contributed by atoms with van der Waals surface area (Å²) < 4.78 is 2.34. The van der Waals surface area contributed by atoms with Crippen molar-refractivity contribution in [3.63, 3.8) is 0 Å². The molecule has 0 saturated heterocycles. The largest absolute Gasteiger partial charge is 0.347 e. The van der Waals surface area contributed by atoms with E-state index in [1.807, 2.05) is 11.3 Å². The average molecular weight is 270 g/mol. The van der Waals surface area contributed by atoms with Crippen molar-refractivity contribution in [1.82, 2.24) is 9.88 Å². The Morgan fingerprint density at radius 3 is 2.89 bits per heavy atom. The highest BCUT2D eigenvalue weighted by molar-refractivity contribution is 7.09. The van der Waals surface area contributed by atoms with Crippen LogP contribution in [-0.4, -0.2) is 11.1 Å². The van der Waals surface area contributed by atoms with E-state index < -0.39 is 0 Å². The summed E-state index contributed by atoms with van der Waals surface area (Å²) in [5, 5.41) is 6.95. The fourth-order valence-electron chi connectivity index (χ4n) is 2.33. The maximum Gasteiger partial charge on any atom is 0.0480 e. The molecule has 3 heteroatoms. The number of hydrogen-bond donors (Lipinski definition) is 1. The van der Waals surface area contributed by atoms with Crippen LogP contribution >= 0.6 is 11.3 Å². The SMILES string of the molecule is c1csc(CNCCCn2ccc3ccccc32)c1. The molecule has 1 aromatic carbocycles. The molecule has 2 aromatic heterocycles. The zero-order valence-electron chi connectivity index (χ0n) is 10.9. The van der Waals surface area contributed by atoms with Crippen molar-refractivity contribution in [3.05, 3.63) is 58.9 Å². The molecule has 98 valence electrons. The quantitative estimate of drug-likeness (QED) is 0.673. The summed E-state index contributed by atoms with van der Waals surface area (Å²) in [4.78, 5) is 1.41. The lowest BCUT2D eigenvalue weighted by Crippen LogP contribution is -2.15. The Morgan fingerprint density at radius 2 is 2.00 bits per heavy atom. The Balaban J connectivity index is 1.47. The van der Waals surface area contributed by atoms with Crippen molar-refractivity contribution in [2.75, 3.05) is 6.54 Å². The molecular formula is C16H18N2S. The summed E-state index contributed by atoms with van der Waals surface area (Å²) in [5.74, 6) is 0. The van der Waals surface area contributed by atoms with E-state index in [9.17, 15) is 0 Å². The van der Waals surface area contributed by atoms with Crippen LogP contribution in [0.25, 0.3) is 10.9 Å². The summed E-state index contributed by atoms with van der Waals surface area (Å²) >= 11 is 1.81. The first kappa shape index (κ1) is 12.5. The van der Waals surface area contributed by atoms with Gasteiger partial charge in [0.05, 0.1) is 0 Å². The van der Waals surface area contributed by atoms with Gasteiger partial charge in [-0.15, -0.1) is 11.3 Å². The van der Waals surface area contributed by atoms with E-state index >= 15 is 0 Å². The van der Waals surface area contributed by atoms with Crippen molar-refractivity contribution in [2.45, 2.75) is 19.5 Å². The maximum atomic E-state index is 3.50. The van der Waals surface area contributed by atoms with E-state index in [1.54, 1.807) is 0 Å². The molecule has 0 aliphatic heterocycles. The first-order valence-electron chi connectivity index (χ1n) is 6.70. The second kappa shape index (κ2) is 6.04. The smallest absolute Gasteiger partial charge is 0.0480 e. The Kier molecular flexibility index (Phi) is 3.96. The van der Waals surface area contributed by atoms with Crippen LogP contribution in [0.2, 0.25) is 0 Å². The van der Waals surface area contributed by atoms with Crippen LogP contribution in [0.3, 0.4) is 0 Å². The molecule has 19 heavy (non-hydrogen) atoms. The molecule has 0 atom stereocenters. The van der Waals surface area contributed by atoms with Crippen LogP contribution in [0.1, 0.15) is 11.3 Å². The van der Waals surface area contributed by atoms with Gasteiger partial charge in [0.1, 0.15) is 0 Å². The molecule has 2 heterocycles. The predicted molar refractivity (Wildman–Crippen MR) is 82.6 cm³/mol. The molecule has 0 saturated carbocycles. The van der Waals surface area contributed by atoms with Crippen molar-refractivity contribution < 1.29 is 0 Å². The van der Waals surface area contributed by atoms with Gasteiger partial charge in [0, 0.05) is 29.7 Å². The molecule has 0 radical (unpaired) electrons. The summed E-state index contributed by atoms with van der Waals surface area (Å²) in [6.45, 7) is 3.12. The molecule has 3 rings (SSSR count). The Labute approximate surface area is 117 Å². The highest BCUT2D eigenvalue weighted by atomic mass is 32.1. The van der Waals surface area contributed by atoms with E-state index in [4.69, 9.17) is 0 Å². The van der Waals surface area contributed by atoms with Gasteiger partial charge in [-0.2, -0.15) is 0 Å². The second-order valence-electron chi connectivity index (χ2n) is 4.68. The Bertz CT molecular complexity index is 625. The van der Waals surface area contributed by atoms with Gasteiger partial charge in [-0.25, -0.2) is 0 Å². The van der Waals surface area contributed by atoms with Gasteiger partial charge in [0.25, 0.3) is 0 Å². The summed E-state index contributed by atoms with van der Waals surface area (Å²) in [7, 11) is 0. The van der Waals surface area contributed by atoms with E-state index in [1.165, 1.54) is 15.8 Å². The molecule has 0 amide bonds. The summed E-state index contributed by atoms with van der Waals surface area (Å²) in [6, 6.07) is 15.0. The topological polar surface area (TPSA) is 17.0 Å². The lowest BCUT2D eigenvalue weighted by Gasteiger charge is -2.06. The third-order valence-corrected chi connectivity index (χ3v) is 4.19. The number of para-hydroxylation sites is 1. The number of aromatic nitrogens is 1. The standard InChI is InChI=1S/C16H18N2S/c1-2-7-16-14(5-1)8-11-18(16)10-4-9-17-13-15-6-3-12-19-15/h1-3,5-8,11-12,17H,4,9-10,13H2. The van der Waals surface area contributed by atoms with Crippen LogP contribution in [0, 0.1) is 0 Å². The molecule has 0 spiro atoms. The summed E-state index contributed by atoms with van der Waals surface area (Å²) in [5.41, 5.74) is 1.33. The molecule has 0 fully saturated rings.